The van der Waals surface area contributed by atoms with Gasteiger partial charge in [0, 0.05) is 36.4 Å². The van der Waals surface area contributed by atoms with Gasteiger partial charge in [0.2, 0.25) is 0 Å². The molecular weight excluding hydrogens is 272 g/mol. The van der Waals surface area contributed by atoms with Crippen LogP contribution in [0.3, 0.4) is 0 Å². The van der Waals surface area contributed by atoms with Crippen molar-refractivity contribution in [3.8, 4) is 0 Å². The Hall–Kier alpha value is -1.42. The largest absolute Gasteiger partial charge is 0.287 e. The summed E-state index contributed by atoms with van der Waals surface area (Å²) in [6, 6.07) is 12.2. The molecule has 0 saturated carbocycles. The van der Waals surface area contributed by atoms with Gasteiger partial charge in [0.15, 0.2) is 0 Å². The van der Waals surface area contributed by atoms with Crippen LogP contribution in [-0.4, -0.2) is 17.1 Å². The lowest BCUT2D eigenvalue weighted by Crippen LogP contribution is -2.23. The second kappa shape index (κ2) is 5.17. The Balaban J connectivity index is 1.88. The molecule has 1 aromatic heterocycles. The number of hydroxylamine groups is 2. The van der Waals surface area contributed by atoms with Crippen molar-refractivity contribution in [1.82, 2.24) is 10.0 Å². The van der Waals surface area contributed by atoms with Gasteiger partial charge in [0.25, 0.3) is 0 Å². The van der Waals surface area contributed by atoms with E-state index < -0.39 is 0 Å². The standard InChI is InChI=1S/C16H17ClN2O/c1-16(13-4-3-9-18-11-13)10-15(19(2)20-16)12-5-7-14(17)8-6-12/h3-9,11,15H,10H2,1-2H3/t15-,16-/m1/s1. The van der Waals surface area contributed by atoms with Gasteiger partial charge >= 0.3 is 0 Å². The minimum Gasteiger partial charge on any atom is -0.287 e. The van der Waals surface area contributed by atoms with E-state index in [2.05, 4.69) is 30.1 Å². The molecule has 0 unspecified atom stereocenters. The monoisotopic (exact) mass is 288 g/mol. The first kappa shape index (κ1) is 13.6. The third-order valence-electron chi connectivity index (χ3n) is 3.89. The van der Waals surface area contributed by atoms with E-state index in [1.165, 1.54) is 5.56 Å². The maximum atomic E-state index is 6.09. The normalized spacial score (nSPS) is 26.9. The first-order chi connectivity index (χ1) is 9.58. The molecule has 104 valence electrons. The first-order valence-electron chi connectivity index (χ1n) is 6.66. The number of hydrogen-bond acceptors (Lipinski definition) is 3. The Morgan fingerprint density at radius 1 is 1.30 bits per heavy atom. The molecule has 0 spiro atoms. The lowest BCUT2D eigenvalue weighted by Gasteiger charge is -2.23. The van der Waals surface area contributed by atoms with Gasteiger partial charge in [-0.1, -0.05) is 29.8 Å². The Kier molecular flexibility index (Phi) is 3.50. The summed E-state index contributed by atoms with van der Waals surface area (Å²) in [6.45, 7) is 2.11. The summed E-state index contributed by atoms with van der Waals surface area (Å²) >= 11 is 5.95. The highest BCUT2D eigenvalue weighted by molar-refractivity contribution is 6.30. The number of rotatable bonds is 2. The molecule has 0 N–H and O–H groups in total. The van der Waals surface area contributed by atoms with Crippen LogP contribution in [0.4, 0.5) is 0 Å². The van der Waals surface area contributed by atoms with Crippen LogP contribution < -0.4 is 0 Å². The maximum Gasteiger partial charge on any atom is 0.115 e. The Bertz CT molecular complexity index is 587. The second-order valence-corrected chi connectivity index (χ2v) is 5.82. The number of pyridine rings is 1. The van der Waals surface area contributed by atoms with Crippen molar-refractivity contribution in [1.29, 1.82) is 0 Å². The van der Waals surface area contributed by atoms with Crippen LogP contribution in [0.1, 0.15) is 30.5 Å². The van der Waals surface area contributed by atoms with Gasteiger partial charge in [0.1, 0.15) is 5.60 Å². The molecule has 1 fully saturated rings. The zero-order valence-electron chi connectivity index (χ0n) is 11.6. The van der Waals surface area contributed by atoms with Gasteiger partial charge in [-0.05, 0) is 30.7 Å². The fraction of sp³-hybridized carbons (Fsp3) is 0.312. The highest BCUT2D eigenvalue weighted by Crippen LogP contribution is 2.44. The van der Waals surface area contributed by atoms with Gasteiger partial charge in [-0.3, -0.25) is 9.82 Å². The van der Waals surface area contributed by atoms with Crippen LogP contribution in [0.2, 0.25) is 5.02 Å². The van der Waals surface area contributed by atoms with Crippen molar-refractivity contribution < 1.29 is 4.84 Å². The smallest absolute Gasteiger partial charge is 0.115 e. The number of nitrogens with zero attached hydrogens (tertiary/aromatic N) is 2. The summed E-state index contributed by atoms with van der Waals surface area (Å²) in [5, 5.41) is 2.68. The lowest BCUT2D eigenvalue weighted by atomic mass is 9.89. The summed E-state index contributed by atoms with van der Waals surface area (Å²) in [4.78, 5) is 10.3. The molecule has 0 amide bonds. The number of aromatic nitrogens is 1. The molecule has 20 heavy (non-hydrogen) atoms. The molecule has 4 heteroatoms. The minimum atomic E-state index is -0.340. The topological polar surface area (TPSA) is 25.4 Å². The van der Waals surface area contributed by atoms with Crippen molar-refractivity contribution in [2.75, 3.05) is 7.05 Å². The third-order valence-corrected chi connectivity index (χ3v) is 4.15. The third kappa shape index (κ3) is 2.44. The molecule has 2 heterocycles. The molecule has 0 bridgehead atoms. The minimum absolute atomic E-state index is 0.220. The quantitative estimate of drug-likeness (QED) is 0.836. The Morgan fingerprint density at radius 3 is 2.70 bits per heavy atom. The fourth-order valence-electron chi connectivity index (χ4n) is 2.78. The zero-order valence-corrected chi connectivity index (χ0v) is 12.3. The predicted molar refractivity (Wildman–Crippen MR) is 79.2 cm³/mol. The SMILES string of the molecule is CN1O[C@@](C)(c2cccnc2)C[C@@H]1c1ccc(Cl)cc1. The fourth-order valence-corrected chi connectivity index (χ4v) is 2.90. The van der Waals surface area contributed by atoms with Crippen LogP contribution in [0, 0.1) is 0 Å². The maximum absolute atomic E-state index is 6.09. The Morgan fingerprint density at radius 2 is 2.05 bits per heavy atom. The number of benzene rings is 1. The molecule has 0 aliphatic carbocycles. The molecule has 1 aromatic carbocycles. The van der Waals surface area contributed by atoms with Crippen LogP contribution in [0.5, 0.6) is 0 Å². The van der Waals surface area contributed by atoms with E-state index in [4.69, 9.17) is 16.4 Å². The summed E-state index contributed by atoms with van der Waals surface area (Å²) in [5.41, 5.74) is 1.97. The molecule has 0 radical (unpaired) electrons. The van der Waals surface area contributed by atoms with E-state index in [1.54, 1.807) is 6.20 Å². The Labute approximate surface area is 124 Å². The molecular formula is C16H17ClN2O. The highest BCUT2D eigenvalue weighted by Gasteiger charge is 2.42. The lowest BCUT2D eigenvalue weighted by molar-refractivity contribution is -0.188. The second-order valence-electron chi connectivity index (χ2n) is 5.38. The average Bonchev–Trinajstić information content (AvgIpc) is 2.77. The van der Waals surface area contributed by atoms with Crippen molar-refractivity contribution >= 4 is 11.6 Å². The molecule has 1 aliphatic heterocycles. The van der Waals surface area contributed by atoms with E-state index in [0.717, 1.165) is 17.0 Å². The van der Waals surface area contributed by atoms with Gasteiger partial charge in [-0.15, -0.1) is 0 Å². The molecule has 2 atom stereocenters. The van der Waals surface area contributed by atoms with Gasteiger partial charge in [0.05, 0.1) is 6.04 Å². The van der Waals surface area contributed by atoms with E-state index in [-0.39, 0.29) is 11.6 Å². The first-order valence-corrected chi connectivity index (χ1v) is 7.04. The van der Waals surface area contributed by atoms with Crippen LogP contribution in [0.15, 0.2) is 48.8 Å². The van der Waals surface area contributed by atoms with Gasteiger partial charge in [-0.2, -0.15) is 5.06 Å². The van der Waals surface area contributed by atoms with E-state index in [1.807, 2.05) is 36.5 Å². The molecule has 2 aromatic rings. The van der Waals surface area contributed by atoms with Gasteiger partial charge < -0.3 is 0 Å². The molecule has 3 nitrogen and oxygen atoms in total. The van der Waals surface area contributed by atoms with E-state index in [0.29, 0.717) is 0 Å². The predicted octanol–water partition coefficient (Wildman–Crippen LogP) is 3.96. The van der Waals surface area contributed by atoms with Crippen LogP contribution in [0.25, 0.3) is 0 Å². The van der Waals surface area contributed by atoms with Crippen molar-refractivity contribution in [3.05, 3.63) is 64.9 Å². The van der Waals surface area contributed by atoms with Crippen LogP contribution >= 0.6 is 11.6 Å². The molecule has 3 rings (SSSR count). The molecule has 1 saturated heterocycles. The van der Waals surface area contributed by atoms with E-state index in [9.17, 15) is 0 Å². The highest BCUT2D eigenvalue weighted by atomic mass is 35.5. The zero-order chi connectivity index (χ0) is 14.2. The average molecular weight is 289 g/mol. The summed E-state index contributed by atoms with van der Waals surface area (Å²) in [5.74, 6) is 0. The van der Waals surface area contributed by atoms with Crippen molar-refractivity contribution in [3.63, 3.8) is 0 Å². The number of hydrogen-bond donors (Lipinski definition) is 0. The summed E-state index contributed by atoms with van der Waals surface area (Å²) in [6.07, 6.45) is 4.54. The van der Waals surface area contributed by atoms with E-state index >= 15 is 0 Å². The molecule has 1 aliphatic rings. The summed E-state index contributed by atoms with van der Waals surface area (Å²) in [7, 11) is 1.97. The number of halogens is 1. The summed E-state index contributed by atoms with van der Waals surface area (Å²) < 4.78 is 0. The van der Waals surface area contributed by atoms with Crippen molar-refractivity contribution in [2.24, 2.45) is 0 Å². The van der Waals surface area contributed by atoms with Crippen LogP contribution in [-0.2, 0) is 10.4 Å². The van der Waals surface area contributed by atoms with Gasteiger partial charge in [-0.25, -0.2) is 0 Å². The van der Waals surface area contributed by atoms with Crippen molar-refractivity contribution in [2.45, 2.75) is 25.0 Å².